The summed E-state index contributed by atoms with van der Waals surface area (Å²) in [7, 11) is 0. The minimum Gasteiger partial charge on any atom is -0.486 e. The van der Waals surface area contributed by atoms with Crippen LogP contribution in [-0.2, 0) is 6.61 Å². The summed E-state index contributed by atoms with van der Waals surface area (Å²) < 4.78 is 6.47. The van der Waals surface area contributed by atoms with Gasteiger partial charge in [-0.05, 0) is 30.3 Å². The van der Waals surface area contributed by atoms with Crippen LogP contribution in [0.3, 0.4) is 0 Å². The maximum Gasteiger partial charge on any atom is 0.138 e. The van der Waals surface area contributed by atoms with Crippen molar-refractivity contribution >= 4 is 39.1 Å². The van der Waals surface area contributed by atoms with Gasteiger partial charge in [0.25, 0.3) is 0 Å². The van der Waals surface area contributed by atoms with E-state index in [1.807, 2.05) is 6.07 Å². The maximum atomic E-state index is 6.03. The Morgan fingerprint density at radius 3 is 2.71 bits per heavy atom. The number of aromatic nitrogens is 1. The molecule has 0 aliphatic rings. The second kappa shape index (κ2) is 5.71. The van der Waals surface area contributed by atoms with Crippen molar-refractivity contribution in [1.82, 2.24) is 4.98 Å². The van der Waals surface area contributed by atoms with Crippen LogP contribution in [0.15, 0.2) is 41.0 Å². The summed E-state index contributed by atoms with van der Waals surface area (Å²) in [4.78, 5) is 4.14. The first-order chi connectivity index (χ1) is 8.15. The lowest BCUT2D eigenvalue weighted by molar-refractivity contribution is 0.301. The smallest absolute Gasteiger partial charge is 0.138 e. The zero-order chi connectivity index (χ0) is 12.3. The van der Waals surface area contributed by atoms with Gasteiger partial charge in [-0.15, -0.1) is 0 Å². The average molecular weight is 333 g/mol. The zero-order valence-electron chi connectivity index (χ0n) is 8.66. The Labute approximate surface area is 118 Å². The van der Waals surface area contributed by atoms with Crippen molar-refractivity contribution < 1.29 is 4.74 Å². The molecule has 2 aromatic rings. The molecule has 0 saturated heterocycles. The number of pyridine rings is 1. The van der Waals surface area contributed by atoms with E-state index in [0.717, 1.165) is 10.2 Å². The van der Waals surface area contributed by atoms with E-state index in [9.17, 15) is 0 Å². The predicted molar refractivity (Wildman–Crippen MR) is 72.7 cm³/mol. The van der Waals surface area contributed by atoms with Crippen LogP contribution in [0.4, 0.5) is 0 Å². The summed E-state index contributed by atoms with van der Waals surface area (Å²) in [5, 5.41) is 1.20. The number of ether oxygens (including phenoxy) is 1. The standard InChI is InChI=1S/C12H8BrCl2NO/c13-8-1-2-12(11(15)5-8)17-7-10-6-9(14)3-4-16-10/h1-6H,7H2. The zero-order valence-corrected chi connectivity index (χ0v) is 11.8. The van der Waals surface area contributed by atoms with Crippen molar-refractivity contribution in [2.45, 2.75) is 6.61 Å². The molecule has 88 valence electrons. The van der Waals surface area contributed by atoms with Crippen molar-refractivity contribution in [3.63, 3.8) is 0 Å². The van der Waals surface area contributed by atoms with Crippen LogP contribution < -0.4 is 4.74 Å². The molecule has 0 amide bonds. The normalized spacial score (nSPS) is 10.3. The highest BCUT2D eigenvalue weighted by Crippen LogP contribution is 2.28. The summed E-state index contributed by atoms with van der Waals surface area (Å²) in [6, 6.07) is 8.93. The van der Waals surface area contributed by atoms with E-state index in [1.54, 1.807) is 30.5 Å². The van der Waals surface area contributed by atoms with Gasteiger partial charge < -0.3 is 4.74 Å². The van der Waals surface area contributed by atoms with E-state index in [-0.39, 0.29) is 0 Å². The third-order valence-corrected chi connectivity index (χ3v) is 3.07. The number of benzene rings is 1. The molecule has 0 saturated carbocycles. The summed E-state index contributed by atoms with van der Waals surface area (Å²) >= 11 is 15.2. The molecule has 0 spiro atoms. The molecule has 2 rings (SSSR count). The lowest BCUT2D eigenvalue weighted by Gasteiger charge is -2.07. The third kappa shape index (κ3) is 3.60. The molecule has 0 unspecified atom stereocenters. The van der Waals surface area contributed by atoms with Gasteiger partial charge in [-0.25, -0.2) is 0 Å². The first-order valence-corrected chi connectivity index (χ1v) is 6.38. The third-order valence-electron chi connectivity index (χ3n) is 2.05. The lowest BCUT2D eigenvalue weighted by atomic mass is 10.3. The van der Waals surface area contributed by atoms with Crippen LogP contribution in [0, 0.1) is 0 Å². The highest BCUT2D eigenvalue weighted by atomic mass is 79.9. The fourth-order valence-corrected chi connectivity index (χ4v) is 2.18. The van der Waals surface area contributed by atoms with Gasteiger partial charge in [-0.1, -0.05) is 39.1 Å². The van der Waals surface area contributed by atoms with Crippen LogP contribution in [0.2, 0.25) is 10.0 Å². The van der Waals surface area contributed by atoms with Crippen LogP contribution in [0.1, 0.15) is 5.69 Å². The van der Waals surface area contributed by atoms with E-state index in [0.29, 0.717) is 22.4 Å². The van der Waals surface area contributed by atoms with E-state index < -0.39 is 0 Å². The Morgan fingerprint density at radius 1 is 1.18 bits per heavy atom. The molecule has 17 heavy (non-hydrogen) atoms. The number of halogens is 3. The Bertz CT molecular complexity index is 534. The highest BCUT2D eigenvalue weighted by Gasteiger charge is 2.03. The average Bonchev–Trinajstić information content (AvgIpc) is 2.28. The topological polar surface area (TPSA) is 22.1 Å². The molecular weight excluding hydrogens is 325 g/mol. The number of nitrogens with zero attached hydrogens (tertiary/aromatic N) is 1. The quantitative estimate of drug-likeness (QED) is 0.810. The first-order valence-electron chi connectivity index (χ1n) is 4.83. The molecular formula is C12H8BrCl2NO. The molecule has 0 fully saturated rings. The monoisotopic (exact) mass is 331 g/mol. The molecule has 0 aliphatic heterocycles. The van der Waals surface area contributed by atoms with E-state index in [4.69, 9.17) is 27.9 Å². The van der Waals surface area contributed by atoms with Crippen molar-refractivity contribution in [2.24, 2.45) is 0 Å². The van der Waals surface area contributed by atoms with Crippen LogP contribution in [0.5, 0.6) is 5.75 Å². The minimum atomic E-state index is 0.335. The molecule has 0 N–H and O–H groups in total. The van der Waals surface area contributed by atoms with Gasteiger partial charge in [-0.2, -0.15) is 0 Å². The molecule has 0 aliphatic carbocycles. The molecule has 1 aromatic heterocycles. The molecule has 1 heterocycles. The fraction of sp³-hybridized carbons (Fsp3) is 0.0833. The highest BCUT2D eigenvalue weighted by molar-refractivity contribution is 9.10. The van der Waals surface area contributed by atoms with Crippen LogP contribution in [-0.4, -0.2) is 4.98 Å². The van der Waals surface area contributed by atoms with Gasteiger partial charge in [0, 0.05) is 15.7 Å². The number of hydrogen-bond acceptors (Lipinski definition) is 2. The van der Waals surface area contributed by atoms with Crippen molar-refractivity contribution in [1.29, 1.82) is 0 Å². The van der Waals surface area contributed by atoms with Gasteiger partial charge in [0.1, 0.15) is 12.4 Å². The molecule has 2 nitrogen and oxygen atoms in total. The summed E-state index contributed by atoms with van der Waals surface area (Å²) in [5.74, 6) is 0.622. The molecule has 0 atom stereocenters. The molecule has 0 bridgehead atoms. The fourth-order valence-electron chi connectivity index (χ4n) is 1.27. The summed E-state index contributed by atoms with van der Waals surface area (Å²) in [6.07, 6.45) is 1.64. The van der Waals surface area contributed by atoms with E-state index in [2.05, 4.69) is 20.9 Å². The van der Waals surface area contributed by atoms with Gasteiger partial charge >= 0.3 is 0 Å². The van der Waals surface area contributed by atoms with Gasteiger partial charge in [0.2, 0.25) is 0 Å². The first kappa shape index (κ1) is 12.7. The van der Waals surface area contributed by atoms with Gasteiger partial charge in [0.05, 0.1) is 10.7 Å². The van der Waals surface area contributed by atoms with Crippen LogP contribution in [0.25, 0.3) is 0 Å². The van der Waals surface area contributed by atoms with Crippen molar-refractivity contribution in [2.75, 3.05) is 0 Å². The van der Waals surface area contributed by atoms with Gasteiger partial charge in [-0.3, -0.25) is 4.98 Å². The Kier molecular flexibility index (Phi) is 4.26. The summed E-state index contributed by atoms with van der Waals surface area (Å²) in [5.41, 5.74) is 0.761. The van der Waals surface area contributed by atoms with Crippen LogP contribution >= 0.6 is 39.1 Å². The Balaban J connectivity index is 2.07. The van der Waals surface area contributed by atoms with Gasteiger partial charge in [0.15, 0.2) is 0 Å². The van der Waals surface area contributed by atoms with E-state index in [1.165, 1.54) is 0 Å². The minimum absolute atomic E-state index is 0.335. The van der Waals surface area contributed by atoms with Crippen molar-refractivity contribution in [3.05, 3.63) is 56.7 Å². The molecule has 0 radical (unpaired) electrons. The predicted octanol–water partition coefficient (Wildman–Crippen LogP) is 4.73. The maximum absolute atomic E-state index is 6.03. The Morgan fingerprint density at radius 2 is 2.00 bits per heavy atom. The second-order valence-electron chi connectivity index (χ2n) is 3.33. The number of hydrogen-bond donors (Lipinski definition) is 0. The summed E-state index contributed by atoms with van der Waals surface area (Å²) in [6.45, 7) is 0.335. The number of rotatable bonds is 3. The SMILES string of the molecule is Clc1ccnc(COc2ccc(Br)cc2Cl)c1. The molecule has 1 aromatic carbocycles. The second-order valence-corrected chi connectivity index (χ2v) is 5.09. The largest absolute Gasteiger partial charge is 0.486 e. The Hall–Kier alpha value is -0.770. The van der Waals surface area contributed by atoms with Crippen molar-refractivity contribution in [3.8, 4) is 5.75 Å². The van der Waals surface area contributed by atoms with E-state index >= 15 is 0 Å². The molecule has 5 heteroatoms. The lowest BCUT2D eigenvalue weighted by Crippen LogP contribution is -1.98.